The molecule has 0 aliphatic carbocycles. The van der Waals surface area contributed by atoms with Crippen molar-refractivity contribution >= 4 is 305 Å². The molecule has 0 bridgehead atoms. The van der Waals surface area contributed by atoms with Crippen molar-refractivity contribution < 1.29 is 140 Å². The van der Waals surface area contributed by atoms with Crippen LogP contribution < -0.4 is 53.5 Å². The number of hydrogen-bond acceptors (Lipinski definition) is 34. The van der Waals surface area contributed by atoms with E-state index in [0.29, 0.717) is 65.8 Å². The van der Waals surface area contributed by atoms with Gasteiger partial charge in [-0.3, -0.25) is 33.8 Å². The quantitative estimate of drug-likeness (QED) is 0.0205. The number of pyridine rings is 9. The average molecular weight is 2560 g/mol. The maximum absolute atomic E-state index is 11.5. The first-order chi connectivity index (χ1) is 57.9. The molecule has 11 aromatic rings. The summed E-state index contributed by atoms with van der Waals surface area (Å²) in [5, 5.41) is 39.6. The van der Waals surface area contributed by atoms with Crippen LogP contribution in [0.25, 0.3) is 22.2 Å². The Morgan fingerprint density at radius 2 is 0.928 bits per heavy atom. The molecular formula is C70H79B2Br7Cl5I2LiN11O25P2. The maximum atomic E-state index is 11.5. The van der Waals surface area contributed by atoms with Crippen LogP contribution in [0.4, 0.5) is 0 Å². The molecule has 11 rings (SSSR count). The average Bonchev–Trinajstić information content (AvgIpc) is 1.67. The molecule has 0 spiro atoms. The predicted molar refractivity (Wildman–Crippen MR) is 514 cm³/mol. The zero-order valence-corrected chi connectivity index (χ0v) is 89.4. The van der Waals surface area contributed by atoms with Crippen LogP contribution in [0.2, 0.25) is 20.4 Å². The van der Waals surface area contributed by atoms with Crippen LogP contribution >= 0.6 is 226 Å². The van der Waals surface area contributed by atoms with Gasteiger partial charge in [-0.25, -0.2) is 29.9 Å². The number of aromatic hydroxyl groups is 2. The molecule has 1 amide bonds. The number of aryl methyl sites for hydroxylation is 6. The fourth-order valence-electron chi connectivity index (χ4n) is 6.62. The van der Waals surface area contributed by atoms with Gasteiger partial charge in [0.05, 0.1) is 68.3 Å². The predicted octanol–water partition coefficient (Wildman–Crippen LogP) is 13.4. The summed E-state index contributed by atoms with van der Waals surface area (Å²) < 4.78 is 58.7. The number of hydrogen-bond donors (Lipinski definition) is 6. The minimum atomic E-state index is -2.20. The maximum Gasteiger partial charge on any atom is 1.00 e. The number of ether oxygens (including phenoxy) is 5. The van der Waals surface area contributed by atoms with Crippen molar-refractivity contribution in [2.24, 2.45) is 0 Å². The molecule has 11 aromatic heterocycles. The van der Waals surface area contributed by atoms with Gasteiger partial charge in [-0.15, -0.1) is 0 Å². The summed E-state index contributed by atoms with van der Waals surface area (Å²) in [6, 6.07) is 18.9. The van der Waals surface area contributed by atoms with E-state index in [-0.39, 0.29) is 82.6 Å². The van der Waals surface area contributed by atoms with E-state index >= 15 is 0 Å². The summed E-state index contributed by atoms with van der Waals surface area (Å²) in [6.07, 6.45) is 17.1. The summed E-state index contributed by atoms with van der Waals surface area (Å²) in [7, 11) is 15.2. The molecule has 0 aliphatic heterocycles. The first kappa shape index (κ1) is 137. The molecule has 0 aromatic carbocycles. The monoisotopic (exact) mass is 2550 g/mol. The third kappa shape index (κ3) is 71.6. The number of alkyl halides is 1. The SMILES string of the molecule is CI.CNC.COc1cc(C)cnc1Br.COc1cc(C)cnc1Br.COc1cc(C)cnc1Cl.COc1cc(OC=O)cnc1Br.Cc1cc(C(=O)N(C)C)cnc1Br.Cc1cnc(Cl)c(O)c1.Cc1cncc(O)c1.Clc1ccnc2cc(I)oc12.O.O=C=O.O=C=O.O=C=O.O=C=O.O=P(Br)(Br)Br.OB(O)c1cc2nccc(Cl)c2o1.OCl.[2H][B]P.[Li+].[OH-]. The van der Waals surface area contributed by atoms with Gasteiger partial charge in [-0.05, 0) is 230 Å². The van der Waals surface area contributed by atoms with Crippen molar-refractivity contribution in [1.82, 2.24) is 55.1 Å². The molecule has 0 saturated carbocycles. The summed E-state index contributed by atoms with van der Waals surface area (Å²) in [5.41, 5.74) is 9.08. The largest absolute Gasteiger partial charge is 1.00 e. The Kier molecular flexibility index (Phi) is 95.9. The number of carbonyl (C=O) groups is 2. The van der Waals surface area contributed by atoms with E-state index in [1.807, 2.05) is 90.9 Å². The minimum Gasteiger partial charge on any atom is -0.870 e. The van der Waals surface area contributed by atoms with Crippen LogP contribution in [-0.4, -0.2) is 200 Å². The second-order valence-corrected chi connectivity index (χ2v) is 44.2. The molecule has 1 radical (unpaired) electrons. The van der Waals surface area contributed by atoms with Crippen LogP contribution in [-0.2, 0) is 47.7 Å². The number of fused-ring (bicyclic) bond motifs is 2. The number of nitrogens with one attached hydrogen (secondary N) is 1. The van der Waals surface area contributed by atoms with E-state index in [0.717, 1.165) is 68.0 Å². The van der Waals surface area contributed by atoms with E-state index in [9.17, 15) is 14.2 Å². The van der Waals surface area contributed by atoms with Gasteiger partial charge in [-0.2, -0.15) is 47.5 Å². The van der Waals surface area contributed by atoms with Crippen molar-refractivity contribution in [3.63, 3.8) is 0 Å². The number of aromatic nitrogens is 9. The molecular weight excluding hydrogens is 2480 g/mol. The van der Waals surface area contributed by atoms with Crippen LogP contribution in [0.3, 0.4) is 0 Å². The smallest absolute Gasteiger partial charge is 0.870 e. The number of nitrogens with zero attached hydrogens (tertiary/aromatic N) is 10. The second-order valence-electron chi connectivity index (χ2n) is 20.3. The van der Waals surface area contributed by atoms with E-state index in [2.05, 4.69) is 231 Å². The van der Waals surface area contributed by atoms with Gasteiger partial charge in [0.1, 0.15) is 48.4 Å². The first-order valence-electron chi connectivity index (χ1n) is 31.9. The Bertz CT molecular complexity index is 4830. The molecule has 1 atom stereocenters. The molecule has 11 heterocycles. The third-order valence-corrected chi connectivity index (χ3v) is 15.5. The number of rotatable bonds is 8. The van der Waals surface area contributed by atoms with Crippen LogP contribution in [0.5, 0.6) is 40.2 Å². The first-order valence-corrected chi connectivity index (χ1v) is 48.0. The van der Waals surface area contributed by atoms with Crippen molar-refractivity contribution in [2.45, 2.75) is 41.5 Å². The van der Waals surface area contributed by atoms with E-state index in [1.54, 1.807) is 109 Å². The van der Waals surface area contributed by atoms with Gasteiger partial charge in [0, 0.05) is 128 Å². The molecule has 55 heteroatoms. The van der Waals surface area contributed by atoms with Crippen LogP contribution in [0, 0.1) is 45.3 Å². The summed E-state index contributed by atoms with van der Waals surface area (Å²) in [6.45, 7) is 11.8. The normalized spacial score (nSPS) is 8.60. The topological polar surface area (TPSA) is 554 Å². The van der Waals surface area contributed by atoms with E-state index in [1.165, 1.54) is 44.2 Å². The molecule has 1 unspecified atom stereocenters. The van der Waals surface area contributed by atoms with Gasteiger partial charge in [0.15, 0.2) is 59.7 Å². The number of halogens is 14. The fraction of sp³-hybridized carbons (Fsp3) is 0.214. The van der Waals surface area contributed by atoms with Crippen molar-refractivity contribution in [3.8, 4) is 40.2 Å². The van der Waals surface area contributed by atoms with Gasteiger partial charge in [0.25, 0.3) is 15.6 Å². The number of methoxy groups -OCH3 is 4. The molecule has 0 aliphatic rings. The Hall–Kier alpha value is -5.89. The van der Waals surface area contributed by atoms with Crippen molar-refractivity contribution in [1.29, 1.82) is 1.34 Å². The Morgan fingerprint density at radius 1 is 0.584 bits per heavy atom. The number of carbonyl (C=O) groups excluding carboxylic acids is 10. The Labute approximate surface area is 845 Å². The summed E-state index contributed by atoms with van der Waals surface area (Å²) in [4.78, 5) is 125. The fourth-order valence-corrected chi connectivity index (χ4v) is 9.16. The van der Waals surface area contributed by atoms with Crippen molar-refractivity contribution in [2.75, 3.05) is 61.6 Å². The van der Waals surface area contributed by atoms with Gasteiger partial charge >= 0.3 is 50.6 Å². The molecule has 0 saturated heterocycles. The molecule has 0 fully saturated rings. The summed E-state index contributed by atoms with van der Waals surface area (Å²) in [5.74, 6) is 3.30. The zero-order valence-electron chi connectivity index (χ0n) is 69.2. The minimum absolute atomic E-state index is 0. The second kappa shape index (κ2) is 87.4. The zero-order chi connectivity index (χ0) is 96.5. The van der Waals surface area contributed by atoms with E-state index < -0.39 is 10.4 Å². The van der Waals surface area contributed by atoms with E-state index in [4.69, 9.17) is 139 Å². The van der Waals surface area contributed by atoms with Crippen LogP contribution in [0.15, 0.2) is 156 Å². The molecule has 679 valence electrons. The third-order valence-electron chi connectivity index (χ3n) is 11.1. The molecule has 36 nitrogen and oxygen atoms in total. The molecule has 125 heavy (non-hydrogen) atoms. The molecule has 9 N–H and O–H groups in total. The number of furan rings is 2. The Balaban J connectivity index is -0.000000145. The standard InChI is InChI=1S/C9H11BrN2O.C7H5BClNO3.C7H6BrNO3.2C7H8BrNO.C7H3ClINO.C7H8ClNO.C6H6ClNO.C6H7NO.C2H7N.CH3I.4CO2.BH3P.Br3OP.ClHO.Li.2H2O/c1-6-4-7(5-11-8(6)10)9(13)12(2)3;9-4-1-2-10-5-3-6(8(11)12)13-7(4)5;1-11-6-2-5(12-4-10)3-9-7(6)8;2*1-5-3-6(10-2)7(8)9-4-5;8-4-1-2-10-5-3-6(9)11-7(4)5;1-5-3-6(10-2)7(8)9-4-5;1-4-2-5(9)6(7)8-3-4;1-5-2-6(8)4-7-3-5;1-3-2;1-2;4*2-1-3;1-2;1-5(2,3)4;1-2;;;/h4-5H,1-3H3;1-3,11-12H;2-4H,1H3;2*3-4H,1-2H3;1-3H;3-4H,1-2H3;2-3,9H,1H3;2-4,8H,1H3;3H,1-2H3;1H3;;;;;1H,2H2;;2H;;2*1H2/q;;;;;;;;;;;;;;;;;;+1;;/p-1/i;;;;;;;;;;;;;;;1D;;;;;. The van der Waals surface area contributed by atoms with Crippen LogP contribution in [0.1, 0.15) is 43.7 Å². The van der Waals surface area contributed by atoms with Crippen molar-refractivity contribution in [3.05, 3.63) is 210 Å². The summed E-state index contributed by atoms with van der Waals surface area (Å²) >= 11 is 51.8. The Morgan fingerprint density at radius 3 is 1.24 bits per heavy atom. The van der Waals surface area contributed by atoms with Gasteiger partial charge < -0.3 is 73.9 Å². The number of amides is 1. The van der Waals surface area contributed by atoms with Gasteiger partial charge in [0.2, 0.25) is 0 Å². The van der Waals surface area contributed by atoms with Gasteiger partial charge in [-0.1, -0.05) is 69.0 Å².